The van der Waals surface area contributed by atoms with Crippen LogP contribution in [0.1, 0.15) is 12.6 Å². The molecule has 2 aromatic rings. The predicted molar refractivity (Wildman–Crippen MR) is 68.9 cm³/mol. The Balaban J connectivity index is 0.00000144. The number of hydrogen-bond acceptors (Lipinski definition) is 3. The molecule has 0 aliphatic heterocycles. The van der Waals surface area contributed by atoms with Crippen LogP contribution in [0.2, 0.25) is 0 Å². The first-order valence-corrected chi connectivity index (χ1v) is 5.48. The second-order valence-electron chi connectivity index (χ2n) is 4.07. The van der Waals surface area contributed by atoms with Gasteiger partial charge in [-0.05, 0) is 12.5 Å². The van der Waals surface area contributed by atoms with Gasteiger partial charge in [-0.15, -0.1) is 12.4 Å². The highest BCUT2D eigenvalue weighted by Gasteiger charge is 2.02. The summed E-state index contributed by atoms with van der Waals surface area (Å²) in [5.74, 6) is 0.581. The smallest absolute Gasteiger partial charge is 0.0946 e. The molecule has 94 valence electrons. The number of hydrogen-bond donors (Lipinski definition) is 2. The van der Waals surface area contributed by atoms with Crippen molar-refractivity contribution in [1.82, 2.24) is 24.8 Å². The maximum absolute atomic E-state index is 4.03. The van der Waals surface area contributed by atoms with Gasteiger partial charge in [0.25, 0.3) is 0 Å². The van der Waals surface area contributed by atoms with Gasteiger partial charge in [0.15, 0.2) is 0 Å². The molecule has 0 spiro atoms. The second kappa shape index (κ2) is 7.09. The highest BCUT2D eigenvalue weighted by atomic mass is 35.5. The lowest BCUT2D eigenvalue weighted by Crippen LogP contribution is -2.23. The van der Waals surface area contributed by atoms with Crippen molar-refractivity contribution in [3.05, 3.63) is 36.9 Å². The molecule has 1 unspecified atom stereocenters. The van der Waals surface area contributed by atoms with Crippen LogP contribution in [-0.4, -0.2) is 26.1 Å². The summed E-state index contributed by atoms with van der Waals surface area (Å²) >= 11 is 0. The Kier molecular flexibility index (Phi) is 5.72. The van der Waals surface area contributed by atoms with Gasteiger partial charge in [-0.25, -0.2) is 9.97 Å². The van der Waals surface area contributed by atoms with Gasteiger partial charge in [0, 0.05) is 37.4 Å². The summed E-state index contributed by atoms with van der Waals surface area (Å²) in [5.41, 5.74) is 1.12. The number of H-pyrrole nitrogens is 1. The van der Waals surface area contributed by atoms with E-state index in [-0.39, 0.29) is 12.4 Å². The molecule has 2 aromatic heterocycles. The maximum Gasteiger partial charge on any atom is 0.0946 e. The Morgan fingerprint density at radius 3 is 3.00 bits per heavy atom. The van der Waals surface area contributed by atoms with E-state index in [9.17, 15) is 0 Å². The van der Waals surface area contributed by atoms with Gasteiger partial charge in [-0.3, -0.25) is 0 Å². The first-order chi connectivity index (χ1) is 7.84. The van der Waals surface area contributed by atoms with E-state index in [4.69, 9.17) is 0 Å². The number of rotatable bonds is 6. The van der Waals surface area contributed by atoms with E-state index >= 15 is 0 Å². The maximum atomic E-state index is 4.03. The lowest BCUT2D eigenvalue weighted by atomic mass is 10.2. The van der Waals surface area contributed by atoms with E-state index in [0.717, 1.165) is 25.3 Å². The minimum Gasteiger partial charge on any atom is -0.347 e. The number of aromatic nitrogens is 4. The zero-order chi connectivity index (χ0) is 11.2. The first-order valence-electron chi connectivity index (χ1n) is 5.48. The van der Waals surface area contributed by atoms with Crippen LogP contribution in [0.15, 0.2) is 31.2 Å². The van der Waals surface area contributed by atoms with E-state index in [0.29, 0.717) is 5.92 Å². The van der Waals surface area contributed by atoms with Crippen LogP contribution in [0.5, 0.6) is 0 Å². The molecular formula is C11H18ClN5. The lowest BCUT2D eigenvalue weighted by molar-refractivity contribution is 0.444. The molecule has 2 N–H and O–H groups in total. The van der Waals surface area contributed by atoms with Crippen LogP contribution < -0.4 is 5.32 Å². The largest absolute Gasteiger partial charge is 0.347 e. The number of imidazole rings is 2. The van der Waals surface area contributed by atoms with Crippen molar-refractivity contribution in [2.75, 3.05) is 6.54 Å². The summed E-state index contributed by atoms with van der Waals surface area (Å²) in [6.07, 6.45) is 9.20. The molecule has 5 nitrogen and oxygen atoms in total. The lowest BCUT2D eigenvalue weighted by Gasteiger charge is -2.12. The number of halogens is 1. The molecular weight excluding hydrogens is 238 g/mol. The van der Waals surface area contributed by atoms with E-state index in [2.05, 4.69) is 31.8 Å². The third kappa shape index (κ3) is 4.58. The summed E-state index contributed by atoms with van der Waals surface area (Å²) in [6, 6.07) is 0. The molecule has 0 aliphatic carbocycles. The Hall–Kier alpha value is -1.33. The van der Waals surface area contributed by atoms with E-state index in [1.54, 1.807) is 6.33 Å². The molecule has 6 heteroatoms. The topological polar surface area (TPSA) is 58.5 Å². The Bertz CT molecular complexity index is 384. The van der Waals surface area contributed by atoms with Crippen LogP contribution >= 0.6 is 12.4 Å². The van der Waals surface area contributed by atoms with Gasteiger partial charge in [-0.2, -0.15) is 0 Å². The van der Waals surface area contributed by atoms with Gasteiger partial charge in [0.1, 0.15) is 0 Å². The van der Waals surface area contributed by atoms with Crippen molar-refractivity contribution in [2.45, 2.75) is 20.0 Å². The number of nitrogens with zero attached hydrogens (tertiary/aromatic N) is 3. The van der Waals surface area contributed by atoms with Gasteiger partial charge < -0.3 is 14.9 Å². The fourth-order valence-corrected chi connectivity index (χ4v) is 1.65. The van der Waals surface area contributed by atoms with Crippen LogP contribution in [0, 0.1) is 5.92 Å². The molecule has 0 fully saturated rings. The molecule has 0 saturated carbocycles. The van der Waals surface area contributed by atoms with Crippen LogP contribution in [0.4, 0.5) is 0 Å². The first kappa shape index (κ1) is 13.7. The summed E-state index contributed by atoms with van der Waals surface area (Å²) in [6.45, 7) is 5.04. The zero-order valence-corrected chi connectivity index (χ0v) is 10.7. The highest BCUT2D eigenvalue weighted by molar-refractivity contribution is 5.85. The van der Waals surface area contributed by atoms with Gasteiger partial charge >= 0.3 is 0 Å². The van der Waals surface area contributed by atoms with Crippen molar-refractivity contribution in [3.63, 3.8) is 0 Å². The van der Waals surface area contributed by atoms with Crippen molar-refractivity contribution in [2.24, 2.45) is 5.92 Å². The Morgan fingerprint density at radius 1 is 1.47 bits per heavy atom. The fraction of sp³-hybridized carbons (Fsp3) is 0.455. The fourth-order valence-electron chi connectivity index (χ4n) is 1.65. The monoisotopic (exact) mass is 255 g/mol. The minimum absolute atomic E-state index is 0. The van der Waals surface area contributed by atoms with Gasteiger partial charge in [0.2, 0.25) is 0 Å². The van der Waals surface area contributed by atoms with Crippen molar-refractivity contribution >= 4 is 12.4 Å². The number of aromatic amines is 1. The molecule has 1 atom stereocenters. The zero-order valence-electron chi connectivity index (χ0n) is 9.84. The molecule has 0 aromatic carbocycles. The Labute approximate surface area is 107 Å². The molecule has 0 bridgehead atoms. The normalized spacial score (nSPS) is 12.1. The SMILES string of the molecule is CC(CNCc1cnc[nH]1)Cn1ccnc1.Cl. The van der Waals surface area contributed by atoms with Crippen molar-refractivity contribution < 1.29 is 0 Å². The van der Waals surface area contributed by atoms with Crippen LogP contribution in [-0.2, 0) is 13.1 Å². The number of nitrogens with one attached hydrogen (secondary N) is 2. The molecule has 17 heavy (non-hydrogen) atoms. The molecule has 2 heterocycles. The average Bonchev–Trinajstić information content (AvgIpc) is 2.90. The third-order valence-corrected chi connectivity index (χ3v) is 2.44. The van der Waals surface area contributed by atoms with E-state index in [1.807, 2.05) is 24.9 Å². The summed E-state index contributed by atoms with van der Waals surface area (Å²) < 4.78 is 2.10. The summed E-state index contributed by atoms with van der Waals surface area (Å²) in [4.78, 5) is 11.1. The summed E-state index contributed by atoms with van der Waals surface area (Å²) in [5, 5.41) is 3.40. The van der Waals surface area contributed by atoms with Crippen LogP contribution in [0.3, 0.4) is 0 Å². The molecule has 0 aliphatic rings. The van der Waals surface area contributed by atoms with Gasteiger partial charge in [0.05, 0.1) is 12.7 Å². The molecule has 0 saturated heterocycles. The standard InChI is InChI=1S/C11H17N5.ClH/c1-10(7-16-3-2-12-9-16)4-13-5-11-6-14-8-15-11;/h2-3,6,8-10,13H,4-5,7H2,1H3,(H,14,15);1H. The Morgan fingerprint density at radius 2 is 2.35 bits per heavy atom. The van der Waals surface area contributed by atoms with Crippen LogP contribution in [0.25, 0.3) is 0 Å². The molecule has 0 amide bonds. The summed E-state index contributed by atoms with van der Waals surface area (Å²) in [7, 11) is 0. The third-order valence-electron chi connectivity index (χ3n) is 2.44. The van der Waals surface area contributed by atoms with E-state index < -0.39 is 0 Å². The quantitative estimate of drug-likeness (QED) is 0.822. The second-order valence-corrected chi connectivity index (χ2v) is 4.07. The van der Waals surface area contributed by atoms with Crippen molar-refractivity contribution in [3.8, 4) is 0 Å². The van der Waals surface area contributed by atoms with E-state index in [1.165, 1.54) is 0 Å². The average molecular weight is 256 g/mol. The minimum atomic E-state index is 0. The highest BCUT2D eigenvalue weighted by Crippen LogP contribution is 1.99. The predicted octanol–water partition coefficient (Wildman–Crippen LogP) is 1.45. The molecule has 0 radical (unpaired) electrons. The van der Waals surface area contributed by atoms with Crippen molar-refractivity contribution in [1.29, 1.82) is 0 Å². The molecule has 2 rings (SSSR count). The van der Waals surface area contributed by atoms with Gasteiger partial charge in [-0.1, -0.05) is 6.92 Å².